The molecule has 2 amide bonds. The second-order valence-corrected chi connectivity index (χ2v) is 6.68. The first-order valence-corrected chi connectivity index (χ1v) is 7.74. The molecule has 0 aromatic heterocycles. The molecular weight excluding hydrogens is 270 g/mol. The summed E-state index contributed by atoms with van der Waals surface area (Å²) in [5.74, 6) is -0.535. The minimum Gasteiger partial charge on any atom is -0.392 e. The van der Waals surface area contributed by atoms with Crippen molar-refractivity contribution in [3.05, 3.63) is 0 Å². The number of nitrogens with one attached hydrogen (secondary N) is 2. The van der Waals surface area contributed by atoms with Gasteiger partial charge in [0.1, 0.15) is 0 Å². The maximum atomic E-state index is 11.8. The number of amides is 2. The standard InChI is InChI=1S/C15H29N3O3/c1-10(2)13(16)14(21)17-8-12(20)18-9-15(3)7-5-4-6-11(15)19/h10-11,13,19H,4-9,16H2,1-3H3,(H,17,21)(H,18,20)/t11?,13-,15?/m0/s1. The third-order valence-electron chi connectivity index (χ3n) is 4.41. The predicted octanol–water partition coefficient (Wildman–Crippen LogP) is 0.143. The molecule has 21 heavy (non-hydrogen) atoms. The lowest BCUT2D eigenvalue weighted by atomic mass is 9.73. The smallest absolute Gasteiger partial charge is 0.239 e. The van der Waals surface area contributed by atoms with Gasteiger partial charge in [-0.3, -0.25) is 9.59 Å². The molecule has 3 atom stereocenters. The van der Waals surface area contributed by atoms with Crippen LogP contribution in [-0.4, -0.2) is 42.2 Å². The van der Waals surface area contributed by atoms with Gasteiger partial charge in [0.2, 0.25) is 11.8 Å². The summed E-state index contributed by atoms with van der Waals surface area (Å²) < 4.78 is 0. The molecule has 0 radical (unpaired) electrons. The average molecular weight is 299 g/mol. The second-order valence-electron chi connectivity index (χ2n) is 6.68. The van der Waals surface area contributed by atoms with Crippen LogP contribution in [0.5, 0.6) is 0 Å². The summed E-state index contributed by atoms with van der Waals surface area (Å²) in [6.45, 7) is 6.06. The predicted molar refractivity (Wildman–Crippen MR) is 81.4 cm³/mol. The summed E-state index contributed by atoms with van der Waals surface area (Å²) in [7, 11) is 0. The molecule has 0 aromatic carbocycles. The minimum atomic E-state index is -0.601. The van der Waals surface area contributed by atoms with Crippen LogP contribution in [0.1, 0.15) is 46.5 Å². The zero-order chi connectivity index (χ0) is 16.0. The summed E-state index contributed by atoms with van der Waals surface area (Å²) in [6.07, 6.45) is 3.42. The first-order chi connectivity index (χ1) is 9.76. The summed E-state index contributed by atoms with van der Waals surface area (Å²) >= 11 is 0. The lowest BCUT2D eigenvalue weighted by Gasteiger charge is -2.38. The number of carbonyl (C=O) groups is 2. The van der Waals surface area contributed by atoms with E-state index in [-0.39, 0.29) is 35.8 Å². The third kappa shape index (κ3) is 5.28. The molecule has 5 N–H and O–H groups in total. The highest BCUT2D eigenvalue weighted by molar-refractivity contribution is 5.87. The Balaban J connectivity index is 2.32. The van der Waals surface area contributed by atoms with Crippen molar-refractivity contribution in [2.45, 2.75) is 58.6 Å². The van der Waals surface area contributed by atoms with Gasteiger partial charge in [-0.15, -0.1) is 0 Å². The van der Waals surface area contributed by atoms with Crippen molar-refractivity contribution in [1.82, 2.24) is 10.6 Å². The van der Waals surface area contributed by atoms with Crippen molar-refractivity contribution in [1.29, 1.82) is 0 Å². The van der Waals surface area contributed by atoms with E-state index in [2.05, 4.69) is 10.6 Å². The van der Waals surface area contributed by atoms with Gasteiger partial charge < -0.3 is 21.5 Å². The Hall–Kier alpha value is -1.14. The van der Waals surface area contributed by atoms with Crippen LogP contribution >= 0.6 is 0 Å². The average Bonchev–Trinajstić information content (AvgIpc) is 2.45. The minimum absolute atomic E-state index is 0.0318. The van der Waals surface area contributed by atoms with E-state index in [0.29, 0.717) is 6.54 Å². The van der Waals surface area contributed by atoms with E-state index in [1.54, 1.807) is 0 Å². The number of aliphatic hydroxyl groups excluding tert-OH is 1. The fourth-order valence-corrected chi connectivity index (χ4v) is 2.54. The third-order valence-corrected chi connectivity index (χ3v) is 4.41. The van der Waals surface area contributed by atoms with E-state index in [1.807, 2.05) is 20.8 Å². The monoisotopic (exact) mass is 299 g/mol. The first kappa shape index (κ1) is 17.9. The summed E-state index contributed by atoms with van der Waals surface area (Å²) in [6, 6.07) is -0.601. The molecule has 0 saturated heterocycles. The largest absolute Gasteiger partial charge is 0.392 e. The Bertz CT molecular complexity index is 373. The molecule has 6 nitrogen and oxygen atoms in total. The molecular formula is C15H29N3O3. The second kappa shape index (κ2) is 7.75. The molecule has 1 fully saturated rings. The SMILES string of the molecule is CC(C)[C@H](N)C(=O)NCC(=O)NCC1(C)CCCCC1O. The quantitative estimate of drug-likeness (QED) is 0.560. The van der Waals surface area contributed by atoms with Gasteiger partial charge in [0, 0.05) is 12.0 Å². The van der Waals surface area contributed by atoms with Gasteiger partial charge in [-0.1, -0.05) is 33.6 Å². The van der Waals surface area contributed by atoms with Crippen molar-refractivity contribution in [3.8, 4) is 0 Å². The summed E-state index contributed by atoms with van der Waals surface area (Å²) in [4.78, 5) is 23.4. The molecule has 6 heteroatoms. The molecule has 1 aliphatic rings. The zero-order valence-corrected chi connectivity index (χ0v) is 13.3. The zero-order valence-electron chi connectivity index (χ0n) is 13.3. The molecule has 2 unspecified atom stereocenters. The fourth-order valence-electron chi connectivity index (χ4n) is 2.54. The lowest BCUT2D eigenvalue weighted by Crippen LogP contribution is -2.49. The van der Waals surface area contributed by atoms with E-state index < -0.39 is 6.04 Å². The maximum absolute atomic E-state index is 11.8. The Morgan fingerprint density at radius 1 is 1.33 bits per heavy atom. The lowest BCUT2D eigenvalue weighted by molar-refractivity contribution is -0.127. The maximum Gasteiger partial charge on any atom is 0.239 e. The molecule has 0 bridgehead atoms. The van der Waals surface area contributed by atoms with Crippen LogP contribution in [0.4, 0.5) is 0 Å². The molecule has 0 aromatic rings. The molecule has 0 heterocycles. The van der Waals surface area contributed by atoms with E-state index in [0.717, 1.165) is 25.7 Å². The van der Waals surface area contributed by atoms with E-state index in [9.17, 15) is 14.7 Å². The van der Waals surface area contributed by atoms with Crippen molar-refractivity contribution >= 4 is 11.8 Å². The molecule has 1 saturated carbocycles. The van der Waals surface area contributed by atoms with Crippen molar-refractivity contribution in [2.24, 2.45) is 17.1 Å². The highest BCUT2D eigenvalue weighted by atomic mass is 16.3. The van der Waals surface area contributed by atoms with E-state index >= 15 is 0 Å². The van der Waals surface area contributed by atoms with E-state index in [1.165, 1.54) is 0 Å². The normalized spacial score (nSPS) is 27.2. The first-order valence-electron chi connectivity index (χ1n) is 7.74. The van der Waals surface area contributed by atoms with Crippen molar-refractivity contribution in [3.63, 3.8) is 0 Å². The van der Waals surface area contributed by atoms with Crippen molar-refractivity contribution in [2.75, 3.05) is 13.1 Å². The van der Waals surface area contributed by atoms with Gasteiger partial charge >= 0.3 is 0 Å². The van der Waals surface area contributed by atoms with Crippen LogP contribution in [0, 0.1) is 11.3 Å². The molecule has 0 aliphatic heterocycles. The van der Waals surface area contributed by atoms with E-state index in [4.69, 9.17) is 5.73 Å². The number of carbonyl (C=O) groups excluding carboxylic acids is 2. The van der Waals surface area contributed by atoms with Crippen molar-refractivity contribution < 1.29 is 14.7 Å². The Morgan fingerprint density at radius 3 is 2.57 bits per heavy atom. The van der Waals surface area contributed by atoms with Crippen LogP contribution in [0.15, 0.2) is 0 Å². The number of hydrogen-bond donors (Lipinski definition) is 4. The molecule has 0 spiro atoms. The van der Waals surface area contributed by atoms with Crippen LogP contribution < -0.4 is 16.4 Å². The topological polar surface area (TPSA) is 104 Å². The molecule has 1 aliphatic carbocycles. The van der Waals surface area contributed by atoms with Gasteiger partial charge in [-0.25, -0.2) is 0 Å². The van der Waals surface area contributed by atoms with Gasteiger partial charge in [-0.05, 0) is 18.8 Å². The highest BCUT2D eigenvalue weighted by Gasteiger charge is 2.35. The molecule has 1 rings (SSSR count). The Morgan fingerprint density at radius 2 is 2.00 bits per heavy atom. The van der Waals surface area contributed by atoms with Crippen LogP contribution in [0.3, 0.4) is 0 Å². The number of rotatable bonds is 6. The summed E-state index contributed by atoms with van der Waals surface area (Å²) in [5.41, 5.74) is 5.43. The number of hydrogen-bond acceptors (Lipinski definition) is 4. The summed E-state index contributed by atoms with van der Waals surface area (Å²) in [5, 5.41) is 15.4. The van der Waals surface area contributed by atoms with Gasteiger partial charge in [-0.2, -0.15) is 0 Å². The van der Waals surface area contributed by atoms with Gasteiger partial charge in [0.15, 0.2) is 0 Å². The fraction of sp³-hybridized carbons (Fsp3) is 0.867. The van der Waals surface area contributed by atoms with Gasteiger partial charge in [0.25, 0.3) is 0 Å². The number of aliphatic hydroxyl groups is 1. The molecule has 122 valence electrons. The van der Waals surface area contributed by atoms with Gasteiger partial charge in [0.05, 0.1) is 18.7 Å². The Kier molecular flexibility index (Phi) is 6.61. The van der Waals surface area contributed by atoms with Crippen LogP contribution in [0.2, 0.25) is 0 Å². The van der Waals surface area contributed by atoms with Crippen LogP contribution in [-0.2, 0) is 9.59 Å². The highest BCUT2D eigenvalue weighted by Crippen LogP contribution is 2.35. The van der Waals surface area contributed by atoms with Crippen LogP contribution in [0.25, 0.3) is 0 Å². The Labute approximate surface area is 126 Å². The number of nitrogens with two attached hydrogens (primary N) is 1.